The molecule has 31 heavy (non-hydrogen) atoms. The van der Waals surface area contributed by atoms with E-state index in [1.807, 2.05) is 31.2 Å². The van der Waals surface area contributed by atoms with Crippen LogP contribution in [0.2, 0.25) is 0 Å². The molecule has 0 amide bonds. The zero-order valence-electron chi connectivity index (χ0n) is 19.1. The predicted octanol–water partition coefficient (Wildman–Crippen LogP) is 5.39. The number of aliphatic imine (C=N–C) groups is 1. The molecule has 0 radical (unpaired) electrons. The highest BCUT2D eigenvalue weighted by Crippen LogP contribution is 2.48. The minimum absolute atomic E-state index is 0.0311. The number of allylic oxidation sites excluding steroid dienone is 2. The lowest BCUT2D eigenvalue weighted by molar-refractivity contribution is -0.153. The first-order valence-corrected chi connectivity index (χ1v) is 11.4. The summed E-state index contributed by atoms with van der Waals surface area (Å²) in [5.74, 6) is -0.432. The summed E-state index contributed by atoms with van der Waals surface area (Å²) in [4.78, 5) is 31.6. The van der Waals surface area contributed by atoms with Crippen LogP contribution in [0.4, 0.5) is 0 Å². The highest BCUT2D eigenvalue weighted by molar-refractivity contribution is 6.09. The van der Waals surface area contributed by atoms with E-state index in [9.17, 15) is 9.59 Å². The van der Waals surface area contributed by atoms with Crippen LogP contribution in [-0.2, 0) is 14.3 Å². The number of esters is 1. The number of carbonyl (C=O) groups is 2. The maximum absolute atomic E-state index is 13.5. The van der Waals surface area contributed by atoms with Crippen molar-refractivity contribution in [2.45, 2.75) is 77.7 Å². The lowest BCUT2D eigenvalue weighted by Gasteiger charge is -2.39. The van der Waals surface area contributed by atoms with Crippen LogP contribution in [0.3, 0.4) is 0 Å². The molecule has 0 N–H and O–H groups in total. The molecule has 1 saturated carbocycles. The number of benzene rings is 1. The smallest absolute Gasteiger partial charge is 0.315 e. The Labute approximate surface area is 184 Å². The van der Waals surface area contributed by atoms with E-state index in [0.29, 0.717) is 17.7 Å². The van der Waals surface area contributed by atoms with Gasteiger partial charge in [-0.15, -0.1) is 0 Å². The Bertz CT molecular complexity index is 936. The number of ether oxygens (including phenoxy) is 2. The van der Waals surface area contributed by atoms with Gasteiger partial charge in [-0.1, -0.05) is 32.4 Å². The van der Waals surface area contributed by atoms with Crippen LogP contribution in [0.25, 0.3) is 0 Å². The maximum atomic E-state index is 13.5. The van der Waals surface area contributed by atoms with Gasteiger partial charge in [0.25, 0.3) is 0 Å². The third-order valence-corrected chi connectivity index (χ3v) is 6.84. The highest BCUT2D eigenvalue weighted by atomic mass is 16.5. The van der Waals surface area contributed by atoms with Gasteiger partial charge in [-0.2, -0.15) is 0 Å². The minimum atomic E-state index is -0.585. The van der Waals surface area contributed by atoms with E-state index in [1.54, 1.807) is 7.11 Å². The van der Waals surface area contributed by atoms with Crippen molar-refractivity contribution in [2.24, 2.45) is 16.3 Å². The Morgan fingerprint density at radius 2 is 1.87 bits per heavy atom. The van der Waals surface area contributed by atoms with Crippen molar-refractivity contribution < 1.29 is 19.1 Å². The summed E-state index contributed by atoms with van der Waals surface area (Å²) < 4.78 is 11.4. The SMILES string of the molecule is COc1cccc([C@@H]2C3=C(CC(C)(C)CC3=O)N=C(C)C2C(=O)OC2CCCCC2)c1. The molecule has 1 aromatic carbocycles. The first kappa shape index (κ1) is 21.8. The number of hydrogen-bond donors (Lipinski definition) is 0. The third kappa shape index (κ3) is 4.46. The van der Waals surface area contributed by atoms with E-state index in [-0.39, 0.29) is 29.2 Å². The average Bonchev–Trinajstić information content (AvgIpc) is 2.72. The van der Waals surface area contributed by atoms with Gasteiger partial charge in [0.05, 0.1) is 7.11 Å². The van der Waals surface area contributed by atoms with Crippen LogP contribution in [0.15, 0.2) is 40.5 Å². The maximum Gasteiger partial charge on any atom is 0.315 e. The number of methoxy groups -OCH3 is 1. The molecule has 1 aromatic rings. The Morgan fingerprint density at radius 1 is 1.13 bits per heavy atom. The molecule has 0 spiro atoms. The third-order valence-electron chi connectivity index (χ3n) is 6.84. The Kier molecular flexibility index (Phi) is 6.05. The molecule has 0 bridgehead atoms. The molecule has 5 nitrogen and oxygen atoms in total. The molecule has 5 heteroatoms. The molecule has 1 fully saturated rings. The van der Waals surface area contributed by atoms with Crippen LogP contribution < -0.4 is 4.74 Å². The fraction of sp³-hybridized carbons (Fsp3) is 0.577. The molecule has 0 saturated heterocycles. The standard InChI is InChI=1S/C26H33NO4/c1-16-22(25(29)31-18-10-6-5-7-11-18)23(17-9-8-12-19(13-17)30-4)24-20(27-16)14-26(2,3)15-21(24)28/h8-9,12-13,18,22-23H,5-7,10-11,14-15H2,1-4H3/t22?,23-/m0/s1. The molecular weight excluding hydrogens is 390 g/mol. The summed E-state index contributed by atoms with van der Waals surface area (Å²) in [7, 11) is 1.63. The first-order chi connectivity index (χ1) is 14.8. The van der Waals surface area contributed by atoms with E-state index in [4.69, 9.17) is 14.5 Å². The molecular formula is C26H33NO4. The minimum Gasteiger partial charge on any atom is -0.497 e. The molecule has 3 aliphatic rings. The van der Waals surface area contributed by atoms with Crippen LogP contribution in [0.1, 0.15) is 77.2 Å². The molecule has 0 aromatic heterocycles. The van der Waals surface area contributed by atoms with Crippen molar-refractivity contribution in [3.63, 3.8) is 0 Å². The second-order valence-electron chi connectivity index (χ2n) is 9.98. The fourth-order valence-electron chi connectivity index (χ4n) is 5.37. The molecule has 1 heterocycles. The number of carbonyl (C=O) groups excluding carboxylic acids is 2. The Hall–Kier alpha value is -2.43. The van der Waals surface area contributed by atoms with Crippen LogP contribution in [0, 0.1) is 11.3 Å². The van der Waals surface area contributed by atoms with E-state index in [1.165, 1.54) is 6.42 Å². The van der Waals surface area contributed by atoms with Gasteiger partial charge in [0.2, 0.25) is 0 Å². The van der Waals surface area contributed by atoms with E-state index < -0.39 is 5.92 Å². The van der Waals surface area contributed by atoms with Crippen molar-refractivity contribution >= 4 is 17.5 Å². The second kappa shape index (κ2) is 8.60. The van der Waals surface area contributed by atoms with Crippen molar-refractivity contribution in [3.8, 4) is 5.75 Å². The monoisotopic (exact) mass is 423 g/mol. The molecule has 166 valence electrons. The molecule has 2 aliphatic carbocycles. The van der Waals surface area contributed by atoms with Crippen LogP contribution in [0.5, 0.6) is 5.75 Å². The number of rotatable bonds is 4. The highest BCUT2D eigenvalue weighted by Gasteiger charge is 2.46. The van der Waals surface area contributed by atoms with Gasteiger partial charge in [-0.3, -0.25) is 14.6 Å². The largest absolute Gasteiger partial charge is 0.497 e. The summed E-state index contributed by atoms with van der Waals surface area (Å²) >= 11 is 0. The quantitative estimate of drug-likeness (QED) is 0.609. The van der Waals surface area contributed by atoms with Crippen LogP contribution >= 0.6 is 0 Å². The Balaban J connectivity index is 1.76. The summed E-state index contributed by atoms with van der Waals surface area (Å²) in [6.07, 6.45) is 6.39. The number of hydrogen-bond acceptors (Lipinski definition) is 5. The summed E-state index contributed by atoms with van der Waals surface area (Å²) in [5.41, 5.74) is 3.02. The van der Waals surface area contributed by atoms with Gasteiger partial charge in [-0.05, 0) is 62.1 Å². The van der Waals surface area contributed by atoms with Gasteiger partial charge in [0, 0.05) is 29.3 Å². The summed E-state index contributed by atoms with van der Waals surface area (Å²) in [6, 6.07) is 7.70. The van der Waals surface area contributed by atoms with Gasteiger partial charge in [-0.25, -0.2) is 0 Å². The lowest BCUT2D eigenvalue weighted by atomic mass is 9.67. The number of ketones is 1. The molecule has 4 rings (SSSR count). The van der Waals surface area contributed by atoms with Crippen molar-refractivity contribution in [1.29, 1.82) is 0 Å². The molecule has 1 aliphatic heterocycles. The van der Waals surface area contributed by atoms with Gasteiger partial charge >= 0.3 is 5.97 Å². The predicted molar refractivity (Wildman–Crippen MR) is 120 cm³/mol. The zero-order chi connectivity index (χ0) is 22.2. The van der Waals surface area contributed by atoms with Crippen molar-refractivity contribution in [3.05, 3.63) is 41.1 Å². The summed E-state index contributed by atoms with van der Waals surface area (Å²) in [5, 5.41) is 0. The van der Waals surface area contributed by atoms with Crippen LogP contribution in [-0.4, -0.2) is 30.7 Å². The fourth-order valence-corrected chi connectivity index (χ4v) is 5.37. The lowest BCUT2D eigenvalue weighted by Crippen LogP contribution is -2.40. The average molecular weight is 424 g/mol. The van der Waals surface area contributed by atoms with Crippen molar-refractivity contribution in [2.75, 3.05) is 7.11 Å². The number of nitrogens with zero attached hydrogens (tertiary/aromatic N) is 1. The molecule has 1 unspecified atom stereocenters. The van der Waals surface area contributed by atoms with Gasteiger partial charge in [0.15, 0.2) is 5.78 Å². The normalized spacial score (nSPS) is 26.2. The topological polar surface area (TPSA) is 65.0 Å². The summed E-state index contributed by atoms with van der Waals surface area (Å²) in [6.45, 7) is 6.10. The van der Waals surface area contributed by atoms with Crippen molar-refractivity contribution in [1.82, 2.24) is 0 Å². The first-order valence-electron chi connectivity index (χ1n) is 11.4. The van der Waals surface area contributed by atoms with E-state index in [2.05, 4.69) is 13.8 Å². The molecule has 2 atom stereocenters. The second-order valence-corrected chi connectivity index (χ2v) is 9.98. The van der Waals surface area contributed by atoms with Gasteiger partial charge < -0.3 is 9.47 Å². The van der Waals surface area contributed by atoms with E-state index >= 15 is 0 Å². The van der Waals surface area contributed by atoms with E-state index in [0.717, 1.165) is 49.1 Å². The Morgan fingerprint density at radius 3 is 2.58 bits per heavy atom. The zero-order valence-corrected chi connectivity index (χ0v) is 19.1. The number of Topliss-reactive ketones (excluding diaryl/α,β-unsaturated/α-hetero) is 1. The van der Waals surface area contributed by atoms with Gasteiger partial charge in [0.1, 0.15) is 17.8 Å².